The zero-order valence-corrected chi connectivity index (χ0v) is 16.7. The van der Waals surface area contributed by atoms with Crippen molar-refractivity contribution in [2.75, 3.05) is 7.11 Å². The molecule has 2 unspecified atom stereocenters. The molecule has 0 saturated carbocycles. The van der Waals surface area contributed by atoms with Crippen molar-refractivity contribution >= 4 is 18.0 Å². The zero-order valence-electron chi connectivity index (χ0n) is 15.9. The molecule has 1 aliphatic heterocycles. The lowest BCUT2D eigenvalue weighted by Crippen LogP contribution is -2.14. The maximum atomic E-state index is 5.32. The highest BCUT2D eigenvalue weighted by Crippen LogP contribution is 2.48. The lowest BCUT2D eigenvalue weighted by Gasteiger charge is -2.28. The lowest BCUT2D eigenvalue weighted by atomic mass is 10.1. The van der Waals surface area contributed by atoms with Crippen LogP contribution in [0.3, 0.4) is 0 Å². The Labute approximate surface area is 165 Å². The Hall–Kier alpha value is -2.46. The largest absolute Gasteiger partial charge is 0.497 e. The van der Waals surface area contributed by atoms with Crippen LogP contribution in [0, 0.1) is 0 Å². The molecular formula is C23H24N2OS. The standard InChI is InChI=1S/C23H24N2OS/c1-4-16(2)24-15-18-11-14-21-23(17-9-12-19(26-3)13-10-17)27-22-8-6-5-7-20(22)25(18)21/h5-16,23H,4H2,1-3H3. The molecule has 1 aliphatic rings. The Morgan fingerprint density at radius 2 is 1.89 bits per heavy atom. The number of para-hydroxylation sites is 1. The summed E-state index contributed by atoms with van der Waals surface area (Å²) in [6.07, 6.45) is 3.07. The number of aliphatic imine (C=N–C) groups is 1. The summed E-state index contributed by atoms with van der Waals surface area (Å²) < 4.78 is 7.68. The van der Waals surface area contributed by atoms with Gasteiger partial charge in [-0.05, 0) is 55.3 Å². The topological polar surface area (TPSA) is 26.5 Å². The predicted octanol–water partition coefficient (Wildman–Crippen LogP) is 5.90. The average molecular weight is 377 g/mol. The van der Waals surface area contributed by atoms with Gasteiger partial charge in [0.05, 0.1) is 23.7 Å². The third-order valence-electron chi connectivity index (χ3n) is 5.03. The van der Waals surface area contributed by atoms with E-state index in [9.17, 15) is 0 Å². The highest BCUT2D eigenvalue weighted by molar-refractivity contribution is 8.00. The number of fused-ring (bicyclic) bond motifs is 3. The minimum absolute atomic E-state index is 0.247. The molecule has 0 radical (unpaired) electrons. The first-order chi connectivity index (χ1) is 13.2. The number of rotatable bonds is 5. The zero-order chi connectivity index (χ0) is 18.8. The van der Waals surface area contributed by atoms with Crippen LogP contribution in [0.25, 0.3) is 5.69 Å². The van der Waals surface area contributed by atoms with Crippen LogP contribution in [0.15, 0.2) is 70.6 Å². The number of aromatic nitrogens is 1. The molecule has 1 aromatic heterocycles. The molecule has 138 valence electrons. The van der Waals surface area contributed by atoms with Crippen molar-refractivity contribution in [1.82, 2.24) is 4.57 Å². The third kappa shape index (κ3) is 3.42. The maximum Gasteiger partial charge on any atom is 0.118 e. The van der Waals surface area contributed by atoms with E-state index < -0.39 is 0 Å². The molecule has 3 aromatic rings. The highest BCUT2D eigenvalue weighted by Gasteiger charge is 2.28. The second kappa shape index (κ2) is 7.65. The molecular weight excluding hydrogens is 352 g/mol. The van der Waals surface area contributed by atoms with Gasteiger partial charge in [0.25, 0.3) is 0 Å². The van der Waals surface area contributed by atoms with Crippen molar-refractivity contribution in [3.05, 3.63) is 77.6 Å². The molecule has 0 saturated heterocycles. The summed E-state index contributed by atoms with van der Waals surface area (Å²) in [6, 6.07) is 21.8. The Balaban J connectivity index is 1.80. The van der Waals surface area contributed by atoms with E-state index >= 15 is 0 Å². The van der Waals surface area contributed by atoms with Crippen LogP contribution in [0.1, 0.15) is 42.5 Å². The van der Waals surface area contributed by atoms with Crippen LogP contribution in [-0.2, 0) is 0 Å². The fourth-order valence-electron chi connectivity index (χ4n) is 3.31. The summed E-state index contributed by atoms with van der Waals surface area (Å²) in [5.41, 5.74) is 4.93. The van der Waals surface area contributed by atoms with Crippen LogP contribution in [0.4, 0.5) is 0 Å². The normalized spacial score (nSPS) is 16.8. The first-order valence-corrected chi connectivity index (χ1v) is 10.2. The fraction of sp³-hybridized carbons (Fsp3) is 0.261. The van der Waals surface area contributed by atoms with Crippen LogP contribution in [0.2, 0.25) is 0 Å². The number of thioether (sulfide) groups is 1. The van der Waals surface area contributed by atoms with E-state index in [1.54, 1.807) is 7.11 Å². The minimum Gasteiger partial charge on any atom is -0.497 e. The van der Waals surface area contributed by atoms with Gasteiger partial charge in [0.1, 0.15) is 5.75 Å². The van der Waals surface area contributed by atoms with Crippen molar-refractivity contribution in [2.45, 2.75) is 36.5 Å². The number of ether oxygens (including phenoxy) is 1. The fourth-order valence-corrected chi connectivity index (χ4v) is 4.60. The summed E-state index contributed by atoms with van der Waals surface area (Å²) in [6.45, 7) is 4.32. The molecule has 4 heteroatoms. The van der Waals surface area contributed by atoms with Gasteiger partial charge in [-0.25, -0.2) is 0 Å². The molecule has 2 atom stereocenters. The number of methoxy groups -OCH3 is 1. The summed E-state index contributed by atoms with van der Waals surface area (Å²) >= 11 is 1.90. The summed E-state index contributed by atoms with van der Waals surface area (Å²) in [7, 11) is 1.70. The van der Waals surface area contributed by atoms with Crippen LogP contribution < -0.4 is 4.74 Å². The van der Waals surface area contributed by atoms with Crippen LogP contribution in [0.5, 0.6) is 5.75 Å². The Morgan fingerprint density at radius 1 is 1.11 bits per heavy atom. The van der Waals surface area contributed by atoms with Gasteiger partial charge in [-0.3, -0.25) is 4.99 Å². The summed E-state index contributed by atoms with van der Waals surface area (Å²) in [5, 5.41) is 0.247. The molecule has 2 heterocycles. The molecule has 0 amide bonds. The van der Waals surface area contributed by atoms with Crippen molar-refractivity contribution in [2.24, 2.45) is 4.99 Å². The quantitative estimate of drug-likeness (QED) is 0.518. The first kappa shape index (κ1) is 17.9. The number of hydrogen-bond donors (Lipinski definition) is 0. The number of benzene rings is 2. The predicted molar refractivity (Wildman–Crippen MR) is 114 cm³/mol. The van der Waals surface area contributed by atoms with E-state index in [4.69, 9.17) is 9.73 Å². The van der Waals surface area contributed by atoms with E-state index in [0.717, 1.165) is 17.9 Å². The Morgan fingerprint density at radius 3 is 2.63 bits per heavy atom. The van der Waals surface area contributed by atoms with Gasteiger partial charge in [0.15, 0.2) is 0 Å². The lowest BCUT2D eigenvalue weighted by molar-refractivity contribution is 0.414. The molecule has 4 rings (SSSR count). The molecule has 0 fully saturated rings. The van der Waals surface area contributed by atoms with Crippen molar-refractivity contribution in [1.29, 1.82) is 0 Å². The van der Waals surface area contributed by atoms with Gasteiger partial charge in [0.2, 0.25) is 0 Å². The monoisotopic (exact) mass is 376 g/mol. The molecule has 0 aliphatic carbocycles. The van der Waals surface area contributed by atoms with E-state index in [1.807, 2.05) is 30.1 Å². The molecule has 27 heavy (non-hydrogen) atoms. The first-order valence-electron chi connectivity index (χ1n) is 9.36. The summed E-state index contributed by atoms with van der Waals surface area (Å²) in [5.74, 6) is 0.886. The molecule has 0 spiro atoms. The van der Waals surface area contributed by atoms with E-state index in [2.05, 4.69) is 66.9 Å². The smallest absolute Gasteiger partial charge is 0.118 e. The van der Waals surface area contributed by atoms with E-state index in [0.29, 0.717) is 6.04 Å². The second-order valence-corrected chi connectivity index (χ2v) is 7.94. The molecule has 0 N–H and O–H groups in total. The number of hydrogen-bond acceptors (Lipinski definition) is 3. The van der Waals surface area contributed by atoms with Gasteiger partial charge in [-0.2, -0.15) is 0 Å². The third-order valence-corrected chi connectivity index (χ3v) is 6.38. The van der Waals surface area contributed by atoms with Crippen molar-refractivity contribution < 1.29 is 4.74 Å². The van der Waals surface area contributed by atoms with Crippen molar-refractivity contribution in [3.8, 4) is 11.4 Å². The average Bonchev–Trinajstić information content (AvgIpc) is 3.16. The minimum atomic E-state index is 0.247. The SMILES string of the molecule is CCC(C)N=Cc1ccc2n1-c1ccccc1SC2c1ccc(OC)cc1. The van der Waals surface area contributed by atoms with Gasteiger partial charge < -0.3 is 9.30 Å². The number of nitrogens with zero attached hydrogens (tertiary/aromatic N) is 2. The van der Waals surface area contributed by atoms with Gasteiger partial charge >= 0.3 is 0 Å². The van der Waals surface area contributed by atoms with Gasteiger partial charge in [0, 0.05) is 22.8 Å². The molecule has 0 bridgehead atoms. The Kier molecular flexibility index (Phi) is 5.08. The van der Waals surface area contributed by atoms with Crippen LogP contribution in [-0.4, -0.2) is 23.9 Å². The summed E-state index contributed by atoms with van der Waals surface area (Å²) in [4.78, 5) is 6.01. The molecule has 2 aromatic carbocycles. The van der Waals surface area contributed by atoms with Gasteiger partial charge in [-0.1, -0.05) is 31.2 Å². The highest BCUT2D eigenvalue weighted by atomic mass is 32.2. The van der Waals surface area contributed by atoms with E-state index in [1.165, 1.54) is 21.8 Å². The van der Waals surface area contributed by atoms with Crippen LogP contribution >= 0.6 is 11.8 Å². The van der Waals surface area contributed by atoms with Crippen molar-refractivity contribution in [3.63, 3.8) is 0 Å². The molecule has 3 nitrogen and oxygen atoms in total. The van der Waals surface area contributed by atoms with E-state index in [-0.39, 0.29) is 5.25 Å². The second-order valence-electron chi connectivity index (χ2n) is 6.79. The maximum absolute atomic E-state index is 5.32. The van der Waals surface area contributed by atoms with Gasteiger partial charge in [-0.15, -0.1) is 11.8 Å². The Bertz CT molecular complexity index is 959.